The van der Waals surface area contributed by atoms with E-state index >= 15 is 0 Å². The van der Waals surface area contributed by atoms with Crippen molar-refractivity contribution in [1.29, 1.82) is 0 Å². The summed E-state index contributed by atoms with van der Waals surface area (Å²) >= 11 is 0. The van der Waals surface area contributed by atoms with Gasteiger partial charge < -0.3 is 18.6 Å². The largest absolute Gasteiger partial charge is 0.496 e. The van der Waals surface area contributed by atoms with Crippen LogP contribution in [0.3, 0.4) is 0 Å². The monoisotopic (exact) mass is 374 g/mol. The number of methoxy groups -OCH3 is 1. The van der Waals surface area contributed by atoms with Gasteiger partial charge in [-0.25, -0.2) is 0 Å². The molecule has 4 nitrogen and oxygen atoms in total. The zero-order valence-corrected chi connectivity index (χ0v) is 17.9. The van der Waals surface area contributed by atoms with Crippen LogP contribution in [0.1, 0.15) is 62.2 Å². The van der Waals surface area contributed by atoms with Crippen LogP contribution in [-0.4, -0.2) is 22.0 Å². The van der Waals surface area contributed by atoms with Gasteiger partial charge in [0.15, 0.2) is 14.1 Å². The fraction of sp³-hybridized carbons (Fsp3) is 0.619. The van der Waals surface area contributed by atoms with Gasteiger partial charge in [-0.3, -0.25) is 0 Å². The molecule has 2 aliphatic heterocycles. The summed E-state index contributed by atoms with van der Waals surface area (Å²) in [5, 5.41) is 0.113. The van der Waals surface area contributed by atoms with Gasteiger partial charge in [0.25, 0.3) is 0 Å². The van der Waals surface area contributed by atoms with Gasteiger partial charge in [-0.2, -0.15) is 0 Å². The highest BCUT2D eigenvalue weighted by molar-refractivity contribution is 6.74. The molecular formula is C21H30O4Si. The van der Waals surface area contributed by atoms with Crippen LogP contribution in [0.25, 0.3) is 0 Å². The molecule has 0 saturated heterocycles. The molecule has 26 heavy (non-hydrogen) atoms. The van der Waals surface area contributed by atoms with Crippen molar-refractivity contribution in [2.45, 2.75) is 70.2 Å². The van der Waals surface area contributed by atoms with Gasteiger partial charge >= 0.3 is 0 Å². The van der Waals surface area contributed by atoms with Crippen molar-refractivity contribution in [2.75, 3.05) is 13.7 Å². The van der Waals surface area contributed by atoms with Gasteiger partial charge in [-0.15, -0.1) is 0 Å². The Morgan fingerprint density at radius 2 is 1.92 bits per heavy atom. The number of rotatable bonds is 5. The lowest BCUT2D eigenvalue weighted by Crippen LogP contribution is -2.54. The van der Waals surface area contributed by atoms with Crippen LogP contribution >= 0.6 is 0 Å². The van der Waals surface area contributed by atoms with E-state index in [4.69, 9.17) is 18.6 Å². The van der Waals surface area contributed by atoms with Crippen LogP contribution in [0.5, 0.6) is 5.75 Å². The maximum Gasteiger partial charge on any atom is 0.196 e. The molecule has 1 aromatic carbocycles. The van der Waals surface area contributed by atoms with Crippen molar-refractivity contribution >= 4 is 8.32 Å². The third-order valence-electron chi connectivity index (χ3n) is 6.39. The van der Waals surface area contributed by atoms with Crippen LogP contribution in [0.15, 0.2) is 18.2 Å². The van der Waals surface area contributed by atoms with Crippen LogP contribution in [0, 0.1) is 0 Å². The highest BCUT2D eigenvalue weighted by Gasteiger charge is 2.55. The second-order valence-corrected chi connectivity index (χ2v) is 13.8. The zero-order valence-electron chi connectivity index (χ0n) is 16.9. The van der Waals surface area contributed by atoms with Crippen LogP contribution in [0.4, 0.5) is 0 Å². The normalized spacial score (nSPS) is 28.7. The Morgan fingerprint density at radius 3 is 2.54 bits per heavy atom. The minimum Gasteiger partial charge on any atom is -0.496 e. The van der Waals surface area contributed by atoms with E-state index in [0.29, 0.717) is 6.61 Å². The molecule has 0 aromatic heterocycles. The van der Waals surface area contributed by atoms with Gasteiger partial charge in [0, 0.05) is 18.6 Å². The number of benzene rings is 1. The third-order valence-corrected chi connectivity index (χ3v) is 10.8. The summed E-state index contributed by atoms with van der Waals surface area (Å²) in [6.07, 6.45) is 5.09. The lowest BCUT2D eigenvalue weighted by Gasteiger charge is -2.51. The summed E-state index contributed by atoms with van der Waals surface area (Å²) in [6.45, 7) is 14.0. The highest BCUT2D eigenvalue weighted by atomic mass is 28.4. The predicted octanol–water partition coefficient (Wildman–Crippen LogP) is 5.14. The fourth-order valence-corrected chi connectivity index (χ4v) is 5.47. The average molecular weight is 375 g/mol. The van der Waals surface area contributed by atoms with Crippen molar-refractivity contribution in [1.82, 2.24) is 0 Å². The molecule has 1 aromatic rings. The molecule has 3 aliphatic rings. The molecule has 5 heteroatoms. The molecule has 4 rings (SSSR count). The first-order valence-corrected chi connectivity index (χ1v) is 12.5. The van der Waals surface area contributed by atoms with E-state index in [1.807, 2.05) is 6.92 Å². The highest BCUT2D eigenvalue weighted by Crippen LogP contribution is 2.59. The first kappa shape index (κ1) is 18.2. The fourth-order valence-electron chi connectivity index (χ4n) is 4.11. The quantitative estimate of drug-likeness (QED) is 0.406. The van der Waals surface area contributed by atoms with Crippen LogP contribution in [-0.2, 0) is 26.1 Å². The van der Waals surface area contributed by atoms with Gasteiger partial charge in [-0.05, 0) is 36.2 Å². The molecule has 0 spiro atoms. The smallest absolute Gasteiger partial charge is 0.196 e. The van der Waals surface area contributed by atoms with E-state index in [0.717, 1.165) is 23.3 Å². The second-order valence-electron chi connectivity index (χ2n) is 9.03. The summed E-state index contributed by atoms with van der Waals surface area (Å²) in [7, 11) is -0.276. The maximum absolute atomic E-state index is 6.85. The number of hydrogen-bond acceptors (Lipinski definition) is 4. The Morgan fingerprint density at radius 1 is 1.23 bits per heavy atom. The van der Waals surface area contributed by atoms with E-state index in [1.54, 1.807) is 7.11 Å². The average Bonchev–Trinajstić information content (AvgIpc) is 3.13. The van der Waals surface area contributed by atoms with Gasteiger partial charge in [0.05, 0.1) is 12.7 Å². The summed E-state index contributed by atoms with van der Waals surface area (Å²) in [4.78, 5) is 0. The summed E-state index contributed by atoms with van der Waals surface area (Å²) in [5.74, 6) is 0.201. The molecule has 2 heterocycles. The van der Waals surface area contributed by atoms with E-state index in [-0.39, 0.29) is 17.2 Å². The standard InChI is InChI=1S/C21H30O4Si/c1-8-23-21(25-26(6,7)20(2,3)4)12-13-11-14-15-9-10-16(24-15)17(14)19(22-5)18(13)21/h9-11,15-16H,8,12H2,1-7H3. The molecule has 0 saturated carbocycles. The lowest BCUT2D eigenvalue weighted by atomic mass is 9.76. The molecule has 0 fully saturated rings. The Bertz CT molecular complexity index is 777. The first-order chi connectivity index (χ1) is 12.1. The minimum atomic E-state index is -2.02. The third kappa shape index (κ3) is 2.37. The van der Waals surface area contributed by atoms with Crippen molar-refractivity contribution in [3.63, 3.8) is 0 Å². The second kappa shape index (κ2) is 5.68. The molecule has 0 radical (unpaired) electrons. The number of hydrogen-bond donors (Lipinski definition) is 0. The van der Waals surface area contributed by atoms with E-state index < -0.39 is 14.1 Å². The molecule has 1 aliphatic carbocycles. The van der Waals surface area contributed by atoms with Crippen molar-refractivity contribution in [3.8, 4) is 5.75 Å². The number of fused-ring (bicyclic) bond motifs is 6. The van der Waals surface area contributed by atoms with E-state index in [2.05, 4.69) is 52.1 Å². The van der Waals surface area contributed by atoms with E-state index in [1.165, 1.54) is 11.1 Å². The van der Waals surface area contributed by atoms with Crippen molar-refractivity contribution in [3.05, 3.63) is 40.5 Å². The Labute approximate surface area is 157 Å². The van der Waals surface area contributed by atoms with Crippen LogP contribution < -0.4 is 4.74 Å². The van der Waals surface area contributed by atoms with Crippen LogP contribution in [0.2, 0.25) is 18.1 Å². The molecule has 142 valence electrons. The molecule has 2 bridgehead atoms. The molecule has 3 unspecified atom stereocenters. The van der Waals surface area contributed by atoms with Crippen molar-refractivity contribution < 1.29 is 18.6 Å². The topological polar surface area (TPSA) is 36.9 Å². The van der Waals surface area contributed by atoms with Gasteiger partial charge in [-0.1, -0.05) is 39.0 Å². The Hall–Kier alpha value is -1.14. The summed E-state index contributed by atoms with van der Waals surface area (Å²) < 4.78 is 25.1. The van der Waals surface area contributed by atoms with E-state index in [9.17, 15) is 0 Å². The molecule has 0 N–H and O–H groups in total. The lowest BCUT2D eigenvalue weighted by molar-refractivity contribution is -0.213. The predicted molar refractivity (Wildman–Crippen MR) is 104 cm³/mol. The zero-order chi connectivity index (χ0) is 18.9. The molecule has 3 atom stereocenters. The van der Waals surface area contributed by atoms with Gasteiger partial charge in [0.1, 0.15) is 18.0 Å². The van der Waals surface area contributed by atoms with Gasteiger partial charge in [0.2, 0.25) is 0 Å². The first-order valence-electron chi connectivity index (χ1n) is 9.55. The molecule has 0 amide bonds. The maximum atomic E-state index is 6.85. The Kier molecular flexibility index (Phi) is 3.98. The molecular weight excluding hydrogens is 344 g/mol. The minimum absolute atomic E-state index is 0.0111. The number of ether oxygens (including phenoxy) is 3. The van der Waals surface area contributed by atoms with Crippen molar-refractivity contribution in [2.24, 2.45) is 0 Å². The summed E-state index contributed by atoms with van der Waals surface area (Å²) in [5.41, 5.74) is 4.74. The SMILES string of the molecule is CCOC1(O[Si](C)(C)C(C)(C)C)Cc2cc3c(c(OC)c21)C1C=CC3O1. The summed E-state index contributed by atoms with van der Waals surface area (Å²) in [6, 6.07) is 2.27. The Balaban J connectivity index is 1.81.